The monoisotopic (exact) mass is 166 g/mol. The van der Waals surface area contributed by atoms with Gasteiger partial charge in [-0.25, -0.2) is 0 Å². The van der Waals surface area contributed by atoms with E-state index in [0.717, 1.165) is 10.9 Å². The molecule has 0 saturated carbocycles. The molecule has 1 aromatic rings. The fraction of sp³-hybridized carbons (Fsp3) is 0.125. The van der Waals surface area contributed by atoms with Crippen molar-refractivity contribution in [3.63, 3.8) is 0 Å². The molecule has 0 atom stereocenters. The first-order chi connectivity index (χ1) is 5.86. The van der Waals surface area contributed by atoms with Crippen molar-refractivity contribution >= 4 is 12.1 Å². The minimum Gasteiger partial charge on any atom is -0.274 e. The second kappa shape index (κ2) is 4.35. The molecule has 12 heavy (non-hydrogen) atoms. The van der Waals surface area contributed by atoms with Crippen molar-refractivity contribution in [1.29, 1.82) is 0 Å². The van der Waals surface area contributed by atoms with E-state index >= 15 is 0 Å². The third-order valence-corrected chi connectivity index (χ3v) is 1.31. The van der Waals surface area contributed by atoms with E-state index in [-0.39, 0.29) is 0 Å². The van der Waals surface area contributed by atoms with Gasteiger partial charge in [-0.1, -0.05) is 18.2 Å². The van der Waals surface area contributed by atoms with Crippen LogP contribution in [-0.4, -0.2) is 18.7 Å². The smallest absolute Gasteiger partial charge is 0.254 e. The number of hydrogen-bond donors (Lipinski definition) is 1. The zero-order valence-corrected chi connectivity index (χ0v) is 6.73. The van der Waals surface area contributed by atoms with Crippen LogP contribution in [0.1, 0.15) is 0 Å². The Hall–Kier alpha value is -1.55. The molecule has 0 saturated heterocycles. The number of rotatable bonds is 4. The molecule has 1 aromatic carbocycles. The summed E-state index contributed by atoms with van der Waals surface area (Å²) in [5.74, 6) is 0. The molecule has 4 heteroatoms. The van der Waals surface area contributed by atoms with Gasteiger partial charge in [0.1, 0.15) is 0 Å². The summed E-state index contributed by atoms with van der Waals surface area (Å²) in [6.45, 7) is 0. The van der Waals surface area contributed by atoms with Crippen molar-refractivity contribution in [2.45, 2.75) is 0 Å². The molecule has 0 radical (unpaired) electrons. The van der Waals surface area contributed by atoms with Crippen LogP contribution in [0.2, 0.25) is 0 Å². The van der Waals surface area contributed by atoms with Crippen molar-refractivity contribution < 1.29 is 9.63 Å². The van der Waals surface area contributed by atoms with Crippen LogP contribution in [0, 0.1) is 0 Å². The van der Waals surface area contributed by atoms with Gasteiger partial charge in [-0.3, -0.25) is 15.1 Å². The predicted octanol–water partition coefficient (Wildman–Crippen LogP) is 1.03. The lowest BCUT2D eigenvalue weighted by atomic mass is 10.3. The molecule has 1 amide bonds. The molecule has 0 bridgehead atoms. The van der Waals surface area contributed by atoms with Crippen LogP contribution in [0.3, 0.4) is 0 Å². The lowest BCUT2D eigenvalue weighted by Crippen LogP contribution is -2.26. The summed E-state index contributed by atoms with van der Waals surface area (Å²) < 4.78 is 0. The Balaban J connectivity index is 2.56. The zero-order chi connectivity index (χ0) is 8.81. The quantitative estimate of drug-likeness (QED) is 0.536. The molecule has 1 rings (SSSR count). The number of hydrazine groups is 1. The molecule has 0 aliphatic heterocycles. The summed E-state index contributed by atoms with van der Waals surface area (Å²) in [6, 6.07) is 9.27. The van der Waals surface area contributed by atoms with Gasteiger partial charge < -0.3 is 0 Å². The average molecular weight is 166 g/mol. The summed E-state index contributed by atoms with van der Waals surface area (Å²) in [6.07, 6.45) is 0.549. The second-order valence-corrected chi connectivity index (χ2v) is 2.09. The molecule has 1 N–H and O–H groups in total. The summed E-state index contributed by atoms with van der Waals surface area (Å²) >= 11 is 0. The Morgan fingerprint density at radius 3 is 2.58 bits per heavy atom. The van der Waals surface area contributed by atoms with Crippen molar-refractivity contribution in [2.75, 3.05) is 12.5 Å². The molecule has 64 valence electrons. The Labute approximate surface area is 70.7 Å². The Bertz CT molecular complexity index is 238. The summed E-state index contributed by atoms with van der Waals surface area (Å²) in [5.41, 5.74) is 3.52. The van der Waals surface area contributed by atoms with E-state index in [4.69, 9.17) is 0 Å². The van der Waals surface area contributed by atoms with Gasteiger partial charge in [0, 0.05) is 0 Å². The Morgan fingerprint density at radius 1 is 1.42 bits per heavy atom. The predicted molar refractivity (Wildman–Crippen MR) is 45.0 cm³/mol. The first kappa shape index (κ1) is 8.55. The fourth-order valence-corrected chi connectivity index (χ4v) is 0.755. The van der Waals surface area contributed by atoms with Crippen LogP contribution in [0.5, 0.6) is 0 Å². The topological polar surface area (TPSA) is 41.6 Å². The molecular weight excluding hydrogens is 156 g/mol. The molecule has 4 nitrogen and oxygen atoms in total. The summed E-state index contributed by atoms with van der Waals surface area (Å²) in [4.78, 5) is 14.9. The van der Waals surface area contributed by atoms with E-state index in [2.05, 4.69) is 10.3 Å². The lowest BCUT2D eigenvalue weighted by Gasteiger charge is -2.15. The second-order valence-electron chi connectivity index (χ2n) is 2.09. The van der Waals surface area contributed by atoms with Crippen molar-refractivity contribution in [3.8, 4) is 0 Å². The van der Waals surface area contributed by atoms with Crippen LogP contribution in [0.15, 0.2) is 30.3 Å². The summed E-state index contributed by atoms with van der Waals surface area (Å²) in [5, 5.41) is 0.981. The molecule has 0 aliphatic rings. The van der Waals surface area contributed by atoms with E-state index in [1.54, 1.807) is 0 Å². The first-order valence-electron chi connectivity index (χ1n) is 3.47. The van der Waals surface area contributed by atoms with E-state index in [1.807, 2.05) is 30.3 Å². The molecule has 0 heterocycles. The highest BCUT2D eigenvalue weighted by Crippen LogP contribution is 2.05. The van der Waals surface area contributed by atoms with E-state index in [0.29, 0.717) is 6.41 Å². The molecule has 0 spiro atoms. The van der Waals surface area contributed by atoms with Gasteiger partial charge in [-0.15, -0.1) is 5.17 Å². The number of amides is 1. The minimum absolute atomic E-state index is 0.549. The van der Waals surface area contributed by atoms with E-state index < -0.39 is 0 Å². The van der Waals surface area contributed by atoms with Gasteiger partial charge in [0.25, 0.3) is 6.41 Å². The van der Waals surface area contributed by atoms with E-state index in [1.165, 1.54) is 7.11 Å². The van der Waals surface area contributed by atoms with Crippen LogP contribution in [0.25, 0.3) is 0 Å². The number of para-hydroxylation sites is 1. The average Bonchev–Trinajstić information content (AvgIpc) is 2.16. The third-order valence-electron chi connectivity index (χ3n) is 1.31. The molecule has 0 fully saturated rings. The SMILES string of the molecule is CON(C=O)Nc1ccccc1. The van der Waals surface area contributed by atoms with Crippen LogP contribution < -0.4 is 5.43 Å². The highest BCUT2D eigenvalue weighted by atomic mass is 16.7. The lowest BCUT2D eigenvalue weighted by molar-refractivity contribution is -0.153. The normalized spacial score (nSPS) is 9.08. The number of carbonyl (C=O) groups excluding carboxylic acids is 1. The van der Waals surface area contributed by atoms with Gasteiger partial charge in [0.2, 0.25) is 0 Å². The fourth-order valence-electron chi connectivity index (χ4n) is 0.755. The molecule has 0 unspecified atom stereocenters. The summed E-state index contributed by atoms with van der Waals surface area (Å²) in [7, 11) is 1.41. The number of hydrogen-bond acceptors (Lipinski definition) is 3. The standard InChI is InChI=1S/C8H10N2O2/c1-12-10(7-11)9-8-5-3-2-4-6-8/h2-7,9H,1H3. The zero-order valence-electron chi connectivity index (χ0n) is 6.73. The van der Waals surface area contributed by atoms with Crippen molar-refractivity contribution in [2.24, 2.45) is 0 Å². The highest BCUT2D eigenvalue weighted by Gasteiger charge is 1.96. The van der Waals surface area contributed by atoms with Crippen molar-refractivity contribution in [1.82, 2.24) is 5.17 Å². The number of benzene rings is 1. The third kappa shape index (κ3) is 2.25. The van der Waals surface area contributed by atoms with Crippen LogP contribution in [0.4, 0.5) is 5.69 Å². The maximum absolute atomic E-state index is 10.3. The minimum atomic E-state index is 0.549. The maximum atomic E-state index is 10.3. The van der Waals surface area contributed by atoms with Gasteiger partial charge in [0.15, 0.2) is 0 Å². The van der Waals surface area contributed by atoms with Crippen LogP contribution >= 0.6 is 0 Å². The van der Waals surface area contributed by atoms with Gasteiger partial charge in [-0.2, -0.15) is 0 Å². The van der Waals surface area contributed by atoms with Gasteiger partial charge in [-0.05, 0) is 12.1 Å². The number of nitrogens with zero attached hydrogens (tertiary/aromatic N) is 1. The first-order valence-corrected chi connectivity index (χ1v) is 3.47. The number of anilines is 1. The molecule has 0 aromatic heterocycles. The number of nitrogens with one attached hydrogen (secondary N) is 1. The molecule has 0 aliphatic carbocycles. The highest BCUT2D eigenvalue weighted by molar-refractivity contribution is 5.51. The molecular formula is C8H10N2O2. The Morgan fingerprint density at radius 2 is 2.08 bits per heavy atom. The number of hydroxylamine groups is 1. The Kier molecular flexibility index (Phi) is 3.10. The number of carbonyl (C=O) groups is 1. The maximum Gasteiger partial charge on any atom is 0.254 e. The van der Waals surface area contributed by atoms with Gasteiger partial charge in [0.05, 0.1) is 12.8 Å². The van der Waals surface area contributed by atoms with Crippen LogP contribution in [-0.2, 0) is 9.63 Å². The van der Waals surface area contributed by atoms with Crippen molar-refractivity contribution in [3.05, 3.63) is 30.3 Å². The largest absolute Gasteiger partial charge is 0.274 e. The van der Waals surface area contributed by atoms with E-state index in [9.17, 15) is 4.79 Å². The van der Waals surface area contributed by atoms with Gasteiger partial charge >= 0.3 is 0 Å².